The zero-order chi connectivity index (χ0) is 20.2. The predicted molar refractivity (Wildman–Crippen MR) is 104 cm³/mol. The molecule has 0 radical (unpaired) electrons. The lowest BCUT2D eigenvalue weighted by atomic mass is 9.97. The van der Waals surface area contributed by atoms with Gasteiger partial charge in [0.15, 0.2) is 0 Å². The lowest BCUT2D eigenvalue weighted by Crippen LogP contribution is -2.44. The van der Waals surface area contributed by atoms with Crippen LogP contribution in [0.15, 0.2) is 15.7 Å². The number of hydrogen-bond acceptors (Lipinski definition) is 6. The molecule has 148 valence electrons. The van der Waals surface area contributed by atoms with Crippen LogP contribution in [0.4, 0.5) is 10.1 Å². The average Bonchev–Trinajstić information content (AvgIpc) is 3.38. The van der Waals surface area contributed by atoms with Crippen LogP contribution in [-0.4, -0.2) is 28.4 Å². The molecule has 1 aromatic carbocycles. The third kappa shape index (κ3) is 2.76. The van der Waals surface area contributed by atoms with Crippen molar-refractivity contribution in [2.24, 2.45) is 11.7 Å². The van der Waals surface area contributed by atoms with Gasteiger partial charge < -0.3 is 16.5 Å². The number of nitriles is 1. The molecule has 1 aromatic heterocycles. The second-order valence-electron chi connectivity index (χ2n) is 7.81. The Balaban J connectivity index is 1.87. The van der Waals surface area contributed by atoms with Crippen LogP contribution < -0.4 is 27.7 Å². The third-order valence-electron chi connectivity index (χ3n) is 5.95. The molecule has 2 aromatic rings. The first-order valence-electron chi connectivity index (χ1n) is 9.48. The van der Waals surface area contributed by atoms with Crippen molar-refractivity contribution in [3.63, 3.8) is 0 Å². The fourth-order valence-corrected chi connectivity index (χ4v) is 4.33. The Morgan fingerprint density at radius 1 is 1.36 bits per heavy atom. The minimum absolute atomic E-state index is 0.0159. The van der Waals surface area contributed by atoms with Crippen LogP contribution in [0.3, 0.4) is 0 Å². The van der Waals surface area contributed by atoms with E-state index >= 15 is 4.39 Å². The Morgan fingerprint density at radius 2 is 2.07 bits per heavy atom. The van der Waals surface area contributed by atoms with Gasteiger partial charge in [0, 0.05) is 30.7 Å². The molecular formula is C19H23FN6O2. The van der Waals surface area contributed by atoms with E-state index in [1.807, 2.05) is 4.90 Å². The quantitative estimate of drug-likeness (QED) is 0.747. The van der Waals surface area contributed by atoms with Crippen LogP contribution in [0.2, 0.25) is 0 Å². The molecule has 8 nitrogen and oxygen atoms in total. The summed E-state index contributed by atoms with van der Waals surface area (Å²) in [4.78, 5) is 27.0. The molecule has 0 unspecified atom stereocenters. The van der Waals surface area contributed by atoms with Crippen molar-refractivity contribution in [3.8, 4) is 6.07 Å². The number of nitrogen functional groups attached to an aromatic ring is 1. The normalized spacial score (nSPS) is 20.5. The maximum absolute atomic E-state index is 15.1. The highest BCUT2D eigenvalue weighted by molar-refractivity contribution is 5.87. The van der Waals surface area contributed by atoms with Crippen LogP contribution >= 0.6 is 0 Å². The Labute approximate surface area is 160 Å². The van der Waals surface area contributed by atoms with E-state index < -0.39 is 17.1 Å². The number of benzene rings is 1. The lowest BCUT2D eigenvalue weighted by molar-refractivity contribution is 0.464. The molecule has 0 bridgehead atoms. The topological polar surface area (TPSA) is 123 Å². The maximum Gasteiger partial charge on any atom is 0.350 e. The molecule has 0 amide bonds. The molecule has 1 saturated heterocycles. The highest BCUT2D eigenvalue weighted by atomic mass is 19.1. The molecule has 28 heavy (non-hydrogen) atoms. The molecule has 9 heteroatoms. The molecule has 2 fully saturated rings. The van der Waals surface area contributed by atoms with Crippen molar-refractivity contribution >= 4 is 16.6 Å². The summed E-state index contributed by atoms with van der Waals surface area (Å²) in [6.07, 6.45) is 2.68. The van der Waals surface area contributed by atoms with Crippen molar-refractivity contribution < 1.29 is 4.39 Å². The van der Waals surface area contributed by atoms with E-state index in [2.05, 4.69) is 6.07 Å². The molecule has 4 rings (SSSR count). The number of halogens is 1. The standard InChI is InChI=1S/C19H23FN6O2/c1-10-16-13(18(27)26(23)19(28)25(16)12-2-3-12)8-14(20)17(10)24-7-5-11(9-24)15(22)4-6-21/h8,11-12,15H,2-5,7,9,22-23H2,1H3/t11-,15+/m1/s1. The molecule has 0 spiro atoms. The maximum atomic E-state index is 15.1. The molecular weight excluding hydrogens is 363 g/mol. The molecule has 1 aliphatic heterocycles. The van der Waals surface area contributed by atoms with Crippen LogP contribution in [0.5, 0.6) is 0 Å². The zero-order valence-electron chi connectivity index (χ0n) is 15.7. The zero-order valence-corrected chi connectivity index (χ0v) is 15.7. The second kappa shape index (κ2) is 6.63. The number of aryl methyl sites for hydroxylation is 1. The van der Waals surface area contributed by atoms with Gasteiger partial charge in [0.25, 0.3) is 5.56 Å². The molecule has 1 saturated carbocycles. The van der Waals surface area contributed by atoms with Gasteiger partial charge in [-0.3, -0.25) is 9.36 Å². The predicted octanol–water partition coefficient (Wildman–Crippen LogP) is 0.727. The molecule has 2 heterocycles. The first-order valence-corrected chi connectivity index (χ1v) is 9.48. The van der Waals surface area contributed by atoms with Gasteiger partial charge in [0.05, 0.1) is 29.1 Å². The number of nitrogens with zero attached hydrogens (tertiary/aromatic N) is 4. The van der Waals surface area contributed by atoms with Crippen LogP contribution in [0, 0.1) is 30.0 Å². The summed E-state index contributed by atoms with van der Waals surface area (Å²) in [5, 5.41) is 8.99. The smallest absolute Gasteiger partial charge is 0.350 e. The van der Waals surface area contributed by atoms with Gasteiger partial charge in [-0.25, -0.2) is 9.18 Å². The van der Waals surface area contributed by atoms with E-state index in [0.29, 0.717) is 34.5 Å². The number of aromatic nitrogens is 2. The summed E-state index contributed by atoms with van der Waals surface area (Å²) < 4.78 is 17.2. The Kier molecular flexibility index (Phi) is 4.38. The van der Waals surface area contributed by atoms with Crippen molar-refractivity contribution in [3.05, 3.63) is 38.3 Å². The largest absolute Gasteiger partial charge is 0.369 e. The fourth-order valence-electron chi connectivity index (χ4n) is 4.33. The van der Waals surface area contributed by atoms with Gasteiger partial charge in [0.2, 0.25) is 0 Å². The number of fused-ring (bicyclic) bond motifs is 1. The number of rotatable bonds is 4. The number of hydrogen-bond donors (Lipinski definition) is 2. The summed E-state index contributed by atoms with van der Waals surface area (Å²) in [5.74, 6) is 5.23. The minimum atomic E-state index is -0.694. The van der Waals surface area contributed by atoms with E-state index in [-0.39, 0.29) is 29.8 Å². The fraction of sp³-hybridized carbons (Fsp3) is 0.526. The second-order valence-corrected chi connectivity index (χ2v) is 7.81. The highest BCUT2D eigenvalue weighted by Crippen LogP contribution is 2.39. The van der Waals surface area contributed by atoms with Gasteiger partial charge >= 0.3 is 5.69 Å². The van der Waals surface area contributed by atoms with Crippen molar-refractivity contribution in [1.82, 2.24) is 9.24 Å². The van der Waals surface area contributed by atoms with Crippen LogP contribution in [0.25, 0.3) is 10.9 Å². The van der Waals surface area contributed by atoms with Gasteiger partial charge in [-0.2, -0.15) is 9.94 Å². The molecule has 4 N–H and O–H groups in total. The van der Waals surface area contributed by atoms with Gasteiger partial charge in [-0.05, 0) is 38.2 Å². The van der Waals surface area contributed by atoms with Gasteiger partial charge in [0.1, 0.15) is 5.82 Å². The van der Waals surface area contributed by atoms with E-state index in [1.54, 1.807) is 6.92 Å². The van der Waals surface area contributed by atoms with Crippen LogP contribution in [-0.2, 0) is 0 Å². The van der Waals surface area contributed by atoms with Crippen molar-refractivity contribution in [1.29, 1.82) is 5.26 Å². The number of anilines is 1. The van der Waals surface area contributed by atoms with Gasteiger partial charge in [-0.15, -0.1) is 0 Å². The summed E-state index contributed by atoms with van der Waals surface area (Å²) in [5.41, 5.74) is 6.22. The molecule has 2 atom stereocenters. The summed E-state index contributed by atoms with van der Waals surface area (Å²) in [6.45, 7) is 2.88. The minimum Gasteiger partial charge on any atom is -0.369 e. The van der Waals surface area contributed by atoms with Crippen molar-refractivity contribution in [2.45, 2.75) is 44.7 Å². The first-order chi connectivity index (χ1) is 13.3. The highest BCUT2D eigenvalue weighted by Gasteiger charge is 2.33. The third-order valence-corrected chi connectivity index (χ3v) is 5.95. The van der Waals surface area contributed by atoms with Gasteiger partial charge in [-0.1, -0.05) is 0 Å². The summed E-state index contributed by atoms with van der Waals surface area (Å²) in [6, 6.07) is 3.00. The Hall–Kier alpha value is -2.86. The molecule has 1 aliphatic carbocycles. The summed E-state index contributed by atoms with van der Waals surface area (Å²) >= 11 is 0. The van der Waals surface area contributed by atoms with E-state index in [1.165, 1.54) is 10.6 Å². The van der Waals surface area contributed by atoms with E-state index in [9.17, 15) is 9.59 Å². The van der Waals surface area contributed by atoms with Crippen LogP contribution in [0.1, 0.15) is 37.3 Å². The van der Waals surface area contributed by atoms with Crippen molar-refractivity contribution in [2.75, 3.05) is 23.8 Å². The van der Waals surface area contributed by atoms with E-state index in [0.717, 1.165) is 19.3 Å². The number of nitrogens with two attached hydrogens (primary N) is 2. The Bertz CT molecular complexity index is 1110. The van der Waals surface area contributed by atoms with E-state index in [4.69, 9.17) is 16.8 Å². The monoisotopic (exact) mass is 386 g/mol. The first kappa shape index (κ1) is 18.5. The Morgan fingerprint density at radius 3 is 2.71 bits per heavy atom. The SMILES string of the molecule is Cc1c(N2CC[C@@H]([C@@H](N)CC#N)C2)c(F)cc2c(=O)n(N)c(=O)n(C3CC3)c12. The lowest BCUT2D eigenvalue weighted by Gasteiger charge is -2.25. The average molecular weight is 386 g/mol. The summed E-state index contributed by atoms with van der Waals surface area (Å²) in [7, 11) is 0. The molecule has 2 aliphatic rings.